The predicted molar refractivity (Wildman–Crippen MR) is 148 cm³/mol. The maximum Gasteiger partial charge on any atom is 0.433 e. The van der Waals surface area contributed by atoms with Crippen LogP contribution in [-0.4, -0.2) is 68.5 Å². The molecule has 1 N–H and O–H groups in total. The van der Waals surface area contributed by atoms with Crippen molar-refractivity contribution in [2.24, 2.45) is 4.99 Å². The molecular weight excluding hydrogens is 557 g/mol. The molecule has 3 aliphatic heterocycles. The third-order valence-electron chi connectivity index (χ3n) is 7.90. The number of hydrogen-bond donors (Lipinski definition) is 1. The van der Waals surface area contributed by atoms with Crippen LogP contribution in [0.4, 0.5) is 13.2 Å². The first kappa shape index (κ1) is 28.6. The summed E-state index contributed by atoms with van der Waals surface area (Å²) >= 11 is 6.03. The number of nitrogens with zero attached hydrogens (tertiary/aromatic N) is 7. The van der Waals surface area contributed by atoms with Crippen LogP contribution in [0.5, 0.6) is 0 Å². The smallest absolute Gasteiger partial charge is 0.346 e. The van der Waals surface area contributed by atoms with Crippen molar-refractivity contribution in [2.75, 3.05) is 26.2 Å². The van der Waals surface area contributed by atoms with Crippen LogP contribution >= 0.6 is 11.6 Å². The van der Waals surface area contributed by atoms with E-state index in [0.717, 1.165) is 22.9 Å². The van der Waals surface area contributed by atoms with Crippen LogP contribution in [0.15, 0.2) is 60.3 Å². The quantitative estimate of drug-likeness (QED) is 0.532. The number of hydrogen-bond acceptors (Lipinski definition) is 6. The van der Waals surface area contributed by atoms with E-state index in [4.69, 9.17) is 11.6 Å². The maximum atomic E-state index is 13.1. The zero-order chi connectivity index (χ0) is 29.4. The van der Waals surface area contributed by atoms with Gasteiger partial charge < -0.3 is 10.2 Å². The number of amides is 1. The van der Waals surface area contributed by atoms with Crippen molar-refractivity contribution in [3.63, 3.8) is 0 Å². The van der Waals surface area contributed by atoms with Crippen molar-refractivity contribution in [3.05, 3.63) is 77.1 Å². The molecule has 214 valence electrons. The molecule has 2 aromatic heterocycles. The molecule has 13 heteroatoms. The van der Waals surface area contributed by atoms with E-state index in [2.05, 4.69) is 37.9 Å². The first-order valence-electron chi connectivity index (χ1n) is 13.1. The van der Waals surface area contributed by atoms with Gasteiger partial charge in [0.05, 0.1) is 29.3 Å². The molecule has 0 aliphatic carbocycles. The first-order valence-corrected chi connectivity index (χ1v) is 13.5. The zero-order valence-electron chi connectivity index (χ0n) is 22.3. The molecule has 0 radical (unpaired) electrons. The van der Waals surface area contributed by atoms with Gasteiger partial charge in [0, 0.05) is 68.2 Å². The molecule has 0 aromatic carbocycles. The average molecular weight is 585 g/mol. The Hall–Kier alpha value is -3.95. The number of pyridine rings is 1. The Kier molecular flexibility index (Phi) is 7.76. The summed E-state index contributed by atoms with van der Waals surface area (Å²) in [7, 11) is 0. The highest BCUT2D eigenvalue weighted by atomic mass is 35.5. The zero-order valence-corrected chi connectivity index (χ0v) is 23.1. The number of aromatic nitrogens is 3. The van der Waals surface area contributed by atoms with E-state index >= 15 is 0 Å². The third-order valence-corrected chi connectivity index (χ3v) is 8.20. The van der Waals surface area contributed by atoms with E-state index in [1.54, 1.807) is 6.20 Å². The van der Waals surface area contributed by atoms with Gasteiger partial charge in [-0.3, -0.25) is 19.4 Å². The van der Waals surface area contributed by atoms with Gasteiger partial charge in [-0.2, -0.15) is 23.5 Å². The maximum absolute atomic E-state index is 13.1. The molecule has 0 unspecified atom stereocenters. The number of carbonyl (C=O) groups is 1. The number of rotatable bonds is 6. The Balaban J connectivity index is 1.24. The highest BCUT2D eigenvalue weighted by Crippen LogP contribution is 2.37. The number of halogens is 4. The van der Waals surface area contributed by atoms with Crippen LogP contribution in [0.3, 0.4) is 0 Å². The van der Waals surface area contributed by atoms with Gasteiger partial charge in [0.15, 0.2) is 0 Å². The molecule has 2 saturated heterocycles. The fraction of sp³-hybridized carbons (Fsp3) is 0.393. The molecule has 0 saturated carbocycles. The largest absolute Gasteiger partial charge is 0.433 e. The lowest BCUT2D eigenvalue weighted by atomic mass is 9.83. The van der Waals surface area contributed by atoms with Crippen LogP contribution in [0.1, 0.15) is 47.8 Å². The van der Waals surface area contributed by atoms with Gasteiger partial charge >= 0.3 is 6.18 Å². The molecule has 2 fully saturated rings. The summed E-state index contributed by atoms with van der Waals surface area (Å²) in [6, 6.07) is 3.20. The summed E-state index contributed by atoms with van der Waals surface area (Å²) in [5.41, 5.74) is 1.05. The van der Waals surface area contributed by atoms with Gasteiger partial charge in [0.1, 0.15) is 17.1 Å². The number of aliphatic imine (C=N–C) groups is 1. The molecular formula is C28H28ClF3N8O. The van der Waals surface area contributed by atoms with Crippen molar-refractivity contribution >= 4 is 28.9 Å². The number of alkyl halides is 3. The Bertz CT molecular complexity index is 1490. The second-order valence-corrected chi connectivity index (χ2v) is 10.8. The lowest BCUT2D eigenvalue weighted by Crippen LogP contribution is -2.66. The second kappa shape index (κ2) is 11.1. The number of likely N-dealkylation sites (tertiary alicyclic amines) is 2. The summed E-state index contributed by atoms with van der Waals surface area (Å²) in [4.78, 5) is 24.4. The highest BCUT2D eigenvalue weighted by Gasteiger charge is 2.48. The lowest BCUT2D eigenvalue weighted by molar-refractivity contribution is -0.141. The monoisotopic (exact) mass is 584 g/mol. The summed E-state index contributed by atoms with van der Waals surface area (Å²) in [5, 5.41) is 17.2. The second-order valence-electron chi connectivity index (χ2n) is 10.4. The summed E-state index contributed by atoms with van der Waals surface area (Å²) in [6.45, 7) is 7.69. The van der Waals surface area contributed by atoms with Gasteiger partial charge in [-0.1, -0.05) is 18.2 Å². The van der Waals surface area contributed by atoms with Gasteiger partial charge in [-0.15, -0.1) is 0 Å². The number of nitrogens with one attached hydrogen (secondary N) is 1. The number of amidine groups is 1. The van der Waals surface area contributed by atoms with Crippen LogP contribution in [0, 0.1) is 11.3 Å². The van der Waals surface area contributed by atoms with E-state index in [0.29, 0.717) is 57.3 Å². The van der Waals surface area contributed by atoms with Gasteiger partial charge in [-0.25, -0.2) is 4.99 Å². The normalized spacial score (nSPS) is 21.4. The van der Waals surface area contributed by atoms with Crippen LogP contribution in [0.2, 0.25) is 5.02 Å². The van der Waals surface area contributed by atoms with Crippen molar-refractivity contribution in [1.29, 1.82) is 5.26 Å². The van der Waals surface area contributed by atoms with Crippen molar-refractivity contribution in [1.82, 2.24) is 29.9 Å². The number of nitriles is 1. The predicted octanol–water partition coefficient (Wildman–Crippen LogP) is 4.61. The lowest BCUT2D eigenvalue weighted by Gasteiger charge is -2.53. The van der Waals surface area contributed by atoms with E-state index in [-0.39, 0.29) is 16.6 Å². The molecule has 3 aliphatic rings. The SMILES string of the molecule is C=C/N=C1/NC=C/C1=C(/C)c1cnn(C2(CC#N)CN(C3CCN(C(=O)c4cc(C(F)(F)F)ncc4Cl)CC3)C2)c1. The van der Waals surface area contributed by atoms with Gasteiger partial charge in [0.25, 0.3) is 5.91 Å². The van der Waals surface area contributed by atoms with E-state index in [1.165, 1.54) is 11.1 Å². The van der Waals surface area contributed by atoms with Crippen molar-refractivity contribution < 1.29 is 18.0 Å². The third kappa shape index (κ3) is 5.52. The molecule has 5 rings (SSSR count). The molecule has 0 spiro atoms. The van der Waals surface area contributed by atoms with Crippen molar-refractivity contribution in [3.8, 4) is 6.07 Å². The molecule has 41 heavy (non-hydrogen) atoms. The molecule has 0 atom stereocenters. The fourth-order valence-electron chi connectivity index (χ4n) is 5.61. The topological polar surface area (TPSA) is 102 Å². The summed E-state index contributed by atoms with van der Waals surface area (Å²) in [5.74, 6) is 0.176. The first-order chi connectivity index (χ1) is 19.6. The standard InChI is InChI=1S/C28H28ClF3N8O/c1-3-34-25-21(4-9-35-25)18(2)19-13-37-40(15-19)27(7-8-33)16-39(17-27)20-5-10-38(11-6-20)26(41)22-12-24(28(30,31)32)36-14-23(22)29/h3-4,9,12-15,20H,1,5-7,10-11,16-17H2,2H3,(H,34,35)/b21-18+. The van der Waals surface area contributed by atoms with E-state index in [1.807, 2.05) is 30.1 Å². The van der Waals surface area contributed by atoms with Gasteiger partial charge in [-0.05, 0) is 37.5 Å². The average Bonchev–Trinajstić information content (AvgIpc) is 3.60. The molecule has 2 aromatic rings. The fourth-order valence-corrected chi connectivity index (χ4v) is 5.79. The molecule has 0 bridgehead atoms. The Morgan fingerprint density at radius 2 is 2.07 bits per heavy atom. The van der Waals surface area contributed by atoms with Gasteiger partial charge in [0.2, 0.25) is 0 Å². The Morgan fingerprint density at radius 3 is 2.73 bits per heavy atom. The molecule has 1 amide bonds. The van der Waals surface area contributed by atoms with Crippen molar-refractivity contribution in [2.45, 2.75) is 43.9 Å². The Morgan fingerprint density at radius 1 is 1.34 bits per heavy atom. The molecule has 9 nitrogen and oxygen atoms in total. The van der Waals surface area contributed by atoms with E-state index in [9.17, 15) is 23.2 Å². The minimum atomic E-state index is -4.67. The van der Waals surface area contributed by atoms with Crippen LogP contribution < -0.4 is 5.32 Å². The highest BCUT2D eigenvalue weighted by molar-refractivity contribution is 6.33. The number of piperidine rings is 1. The summed E-state index contributed by atoms with van der Waals surface area (Å²) < 4.78 is 41.2. The summed E-state index contributed by atoms with van der Waals surface area (Å²) in [6.07, 6.45) is 6.80. The minimum Gasteiger partial charge on any atom is -0.346 e. The molecule has 5 heterocycles. The van der Waals surface area contributed by atoms with Crippen LogP contribution in [-0.2, 0) is 11.7 Å². The number of allylic oxidation sites excluding steroid dienone is 1. The Labute approximate surface area is 240 Å². The van der Waals surface area contributed by atoms with Crippen LogP contribution in [0.25, 0.3) is 5.57 Å². The minimum absolute atomic E-state index is 0.108. The number of carbonyl (C=O) groups excluding carboxylic acids is 1. The van der Waals surface area contributed by atoms with E-state index < -0.39 is 23.3 Å².